The second kappa shape index (κ2) is 6.67. The maximum atomic E-state index is 12.3. The number of benzene rings is 1. The largest absolute Gasteiger partial charge is 0.338 e. The van der Waals surface area contributed by atoms with Crippen molar-refractivity contribution in [1.82, 2.24) is 4.90 Å². The lowest BCUT2D eigenvalue weighted by molar-refractivity contribution is -0.384. The molecule has 1 aromatic carbocycles. The van der Waals surface area contributed by atoms with Crippen molar-refractivity contribution in [2.24, 2.45) is 11.7 Å². The van der Waals surface area contributed by atoms with Gasteiger partial charge in [0.25, 0.3) is 11.6 Å². The van der Waals surface area contributed by atoms with Crippen LogP contribution in [0.4, 0.5) is 5.69 Å². The lowest BCUT2D eigenvalue weighted by Crippen LogP contribution is -2.48. The maximum absolute atomic E-state index is 12.3. The molecule has 0 radical (unpaired) electrons. The number of non-ortho nitro benzene ring substituents is 1. The monoisotopic (exact) mass is 299 g/mol. The summed E-state index contributed by atoms with van der Waals surface area (Å²) in [6.45, 7) is 3.22. The Morgan fingerprint density at radius 3 is 2.80 bits per heavy atom. The summed E-state index contributed by atoms with van der Waals surface area (Å²) in [5.74, 6) is 0.0823. The average molecular weight is 300 g/mol. The van der Waals surface area contributed by atoms with Crippen molar-refractivity contribution in [3.05, 3.63) is 39.9 Å². The third kappa shape index (κ3) is 3.46. The van der Waals surface area contributed by atoms with Crippen LogP contribution in [0.3, 0.4) is 0 Å². The normalized spacial score (nSPS) is 22.0. The van der Waals surface area contributed by atoms with Crippen LogP contribution in [0.25, 0.3) is 0 Å². The number of hydrogen-bond donors (Lipinski definition) is 1. The number of carbonyl (C=O) groups is 1. The molecule has 1 saturated heterocycles. The predicted molar refractivity (Wildman–Crippen MR) is 78.0 cm³/mol. The number of nitro benzene ring substituents is 1. The van der Waals surface area contributed by atoms with Crippen LogP contribution in [-0.2, 0) is 0 Å². The Morgan fingerprint density at radius 1 is 1.50 bits per heavy atom. The van der Waals surface area contributed by atoms with Crippen molar-refractivity contribution < 1.29 is 9.72 Å². The first-order chi connectivity index (χ1) is 8.99. The van der Waals surface area contributed by atoms with Gasteiger partial charge in [-0.05, 0) is 18.4 Å². The van der Waals surface area contributed by atoms with Crippen LogP contribution >= 0.6 is 12.4 Å². The molecule has 0 saturated carbocycles. The van der Waals surface area contributed by atoms with E-state index in [1.54, 1.807) is 11.0 Å². The van der Waals surface area contributed by atoms with Crippen LogP contribution < -0.4 is 5.73 Å². The lowest BCUT2D eigenvalue weighted by Gasteiger charge is -2.35. The standard InChI is InChI=1S/C13H17N3O3.ClH/c1-9-8-15(6-5-12(9)14)13(17)10-3-2-4-11(7-10)16(18)19;/h2-4,7,9,12H,5-6,8,14H2,1H3;1H. The summed E-state index contributed by atoms with van der Waals surface area (Å²) in [5.41, 5.74) is 6.21. The molecule has 1 heterocycles. The summed E-state index contributed by atoms with van der Waals surface area (Å²) in [5, 5.41) is 10.7. The number of hydrogen-bond acceptors (Lipinski definition) is 4. The fraction of sp³-hybridized carbons (Fsp3) is 0.462. The van der Waals surface area contributed by atoms with Crippen LogP contribution in [0.15, 0.2) is 24.3 Å². The quantitative estimate of drug-likeness (QED) is 0.666. The first-order valence-electron chi connectivity index (χ1n) is 6.28. The van der Waals surface area contributed by atoms with E-state index >= 15 is 0 Å². The summed E-state index contributed by atoms with van der Waals surface area (Å²) in [4.78, 5) is 24.2. The molecule has 0 aromatic heterocycles. The zero-order valence-electron chi connectivity index (χ0n) is 11.2. The lowest BCUT2D eigenvalue weighted by atomic mass is 9.94. The minimum absolute atomic E-state index is 0. The Kier molecular flexibility index (Phi) is 5.47. The van der Waals surface area contributed by atoms with Crippen molar-refractivity contribution in [1.29, 1.82) is 0 Å². The van der Waals surface area contributed by atoms with Crippen molar-refractivity contribution >= 4 is 24.0 Å². The van der Waals surface area contributed by atoms with Gasteiger partial charge in [0.2, 0.25) is 0 Å². The molecule has 20 heavy (non-hydrogen) atoms. The molecule has 2 atom stereocenters. The summed E-state index contributed by atoms with van der Waals surface area (Å²) >= 11 is 0. The second-order valence-electron chi connectivity index (χ2n) is 4.99. The fourth-order valence-corrected chi connectivity index (χ4v) is 2.28. The molecule has 1 aromatic rings. The highest BCUT2D eigenvalue weighted by Gasteiger charge is 2.27. The number of amides is 1. The molecule has 6 nitrogen and oxygen atoms in total. The van der Waals surface area contributed by atoms with Crippen LogP contribution in [0, 0.1) is 16.0 Å². The number of likely N-dealkylation sites (tertiary alicyclic amines) is 1. The van der Waals surface area contributed by atoms with Gasteiger partial charge in [0.05, 0.1) is 4.92 Å². The summed E-state index contributed by atoms with van der Waals surface area (Å²) in [6, 6.07) is 5.96. The molecular weight excluding hydrogens is 282 g/mol. The van der Waals surface area contributed by atoms with Gasteiger partial charge in [0, 0.05) is 36.8 Å². The Labute approximate surface area is 123 Å². The van der Waals surface area contributed by atoms with Crippen LogP contribution in [0.2, 0.25) is 0 Å². The SMILES string of the molecule is CC1CN(C(=O)c2cccc([N+](=O)[O-])c2)CCC1N.Cl. The highest BCUT2D eigenvalue weighted by atomic mass is 35.5. The van der Waals surface area contributed by atoms with Gasteiger partial charge in [-0.1, -0.05) is 13.0 Å². The Bertz CT molecular complexity index is 509. The topological polar surface area (TPSA) is 89.5 Å². The van der Waals surface area contributed by atoms with E-state index in [1.807, 2.05) is 6.92 Å². The molecule has 2 N–H and O–H groups in total. The first kappa shape index (κ1) is 16.4. The van der Waals surface area contributed by atoms with Crippen molar-refractivity contribution in [3.63, 3.8) is 0 Å². The minimum Gasteiger partial charge on any atom is -0.338 e. The number of nitrogens with two attached hydrogens (primary N) is 1. The molecule has 0 aliphatic carbocycles. The van der Waals surface area contributed by atoms with E-state index in [4.69, 9.17) is 5.73 Å². The van der Waals surface area contributed by atoms with Crippen molar-refractivity contribution in [3.8, 4) is 0 Å². The molecule has 1 aliphatic heterocycles. The Balaban J connectivity index is 0.00000200. The zero-order valence-corrected chi connectivity index (χ0v) is 12.0. The predicted octanol–water partition coefficient (Wildman–Crippen LogP) is 1.83. The zero-order chi connectivity index (χ0) is 14.0. The molecule has 0 bridgehead atoms. The molecule has 2 rings (SSSR count). The van der Waals surface area contributed by atoms with Gasteiger partial charge in [-0.25, -0.2) is 0 Å². The van der Waals surface area contributed by atoms with E-state index in [9.17, 15) is 14.9 Å². The van der Waals surface area contributed by atoms with Crippen LogP contribution in [-0.4, -0.2) is 34.9 Å². The summed E-state index contributed by atoms with van der Waals surface area (Å²) in [6.07, 6.45) is 0.766. The fourth-order valence-electron chi connectivity index (χ4n) is 2.28. The van der Waals surface area contributed by atoms with E-state index in [0.717, 1.165) is 6.42 Å². The van der Waals surface area contributed by atoms with Gasteiger partial charge in [-0.15, -0.1) is 12.4 Å². The minimum atomic E-state index is -0.495. The molecule has 1 aliphatic rings. The number of nitro groups is 1. The molecule has 110 valence electrons. The van der Waals surface area contributed by atoms with Gasteiger partial charge in [0.15, 0.2) is 0 Å². The molecular formula is C13H18ClN3O3. The van der Waals surface area contributed by atoms with Gasteiger partial charge < -0.3 is 10.6 Å². The first-order valence-corrected chi connectivity index (χ1v) is 6.28. The molecule has 1 amide bonds. The van der Waals surface area contributed by atoms with Crippen LogP contribution in [0.5, 0.6) is 0 Å². The molecule has 2 unspecified atom stereocenters. The third-order valence-corrected chi connectivity index (χ3v) is 3.56. The van der Waals surface area contributed by atoms with E-state index < -0.39 is 4.92 Å². The summed E-state index contributed by atoms with van der Waals surface area (Å²) < 4.78 is 0. The highest BCUT2D eigenvalue weighted by Crippen LogP contribution is 2.19. The van der Waals surface area contributed by atoms with E-state index in [0.29, 0.717) is 18.7 Å². The number of nitrogens with zero attached hydrogens (tertiary/aromatic N) is 2. The number of piperidine rings is 1. The maximum Gasteiger partial charge on any atom is 0.270 e. The van der Waals surface area contributed by atoms with Gasteiger partial charge in [0.1, 0.15) is 0 Å². The molecule has 0 spiro atoms. The van der Waals surface area contributed by atoms with Crippen LogP contribution in [0.1, 0.15) is 23.7 Å². The van der Waals surface area contributed by atoms with E-state index in [1.165, 1.54) is 18.2 Å². The second-order valence-corrected chi connectivity index (χ2v) is 4.99. The highest BCUT2D eigenvalue weighted by molar-refractivity contribution is 5.94. The van der Waals surface area contributed by atoms with E-state index in [-0.39, 0.29) is 36.0 Å². The third-order valence-electron chi connectivity index (χ3n) is 3.56. The van der Waals surface area contributed by atoms with Gasteiger partial charge in [-0.2, -0.15) is 0 Å². The number of halogens is 1. The molecule has 7 heteroatoms. The van der Waals surface area contributed by atoms with E-state index in [2.05, 4.69) is 0 Å². The number of carbonyl (C=O) groups excluding carboxylic acids is 1. The van der Waals surface area contributed by atoms with Gasteiger partial charge in [-0.3, -0.25) is 14.9 Å². The Hall–Kier alpha value is -1.66. The van der Waals surface area contributed by atoms with Crippen molar-refractivity contribution in [2.75, 3.05) is 13.1 Å². The molecule has 1 fully saturated rings. The average Bonchev–Trinajstić information content (AvgIpc) is 2.41. The summed E-state index contributed by atoms with van der Waals surface area (Å²) in [7, 11) is 0. The van der Waals surface area contributed by atoms with Crippen molar-refractivity contribution in [2.45, 2.75) is 19.4 Å². The smallest absolute Gasteiger partial charge is 0.270 e. The Morgan fingerprint density at radius 2 is 2.20 bits per heavy atom. The van der Waals surface area contributed by atoms with Gasteiger partial charge >= 0.3 is 0 Å². The number of rotatable bonds is 2.